The molecule has 2 aromatic heterocycles. The molecule has 0 amide bonds. The van der Waals surface area contributed by atoms with Crippen molar-refractivity contribution in [3.8, 4) is 0 Å². The summed E-state index contributed by atoms with van der Waals surface area (Å²) < 4.78 is 5.27. The van der Waals surface area contributed by atoms with E-state index in [9.17, 15) is 4.79 Å². The summed E-state index contributed by atoms with van der Waals surface area (Å²) in [5, 5.41) is 1.40. The van der Waals surface area contributed by atoms with Gasteiger partial charge in [-0.1, -0.05) is 0 Å². The largest absolute Gasteiger partial charge is 0.446 e. The summed E-state index contributed by atoms with van der Waals surface area (Å²) in [5.74, 6) is 0.301. The molecule has 0 aromatic carbocycles. The maximum atomic E-state index is 10.9. The smallest absolute Gasteiger partial charge is 0.194 e. The van der Waals surface area contributed by atoms with Crippen molar-refractivity contribution in [1.82, 2.24) is 9.97 Å². The number of H-pyrrole nitrogens is 1. The number of nitrogens with zero attached hydrogens (tertiary/aromatic N) is 1. The van der Waals surface area contributed by atoms with Gasteiger partial charge in [-0.05, 0) is 23.9 Å². The summed E-state index contributed by atoms with van der Waals surface area (Å²) in [7, 11) is 0. The lowest BCUT2D eigenvalue weighted by Crippen LogP contribution is -1.85. The minimum absolute atomic E-state index is 0.0729. The van der Waals surface area contributed by atoms with E-state index in [-0.39, 0.29) is 5.78 Å². The van der Waals surface area contributed by atoms with Gasteiger partial charge in [0.25, 0.3) is 0 Å². The van der Waals surface area contributed by atoms with E-state index in [2.05, 4.69) is 9.97 Å². The first-order valence-electron chi connectivity index (χ1n) is 4.04. The van der Waals surface area contributed by atoms with E-state index in [1.807, 2.05) is 0 Å². The minimum Gasteiger partial charge on any atom is -0.446 e. The maximum absolute atomic E-state index is 10.9. The Morgan fingerprint density at radius 1 is 1.57 bits per heavy atom. The molecule has 2 heterocycles. The predicted octanol–water partition coefficient (Wildman–Crippen LogP) is 2.36. The molecule has 0 saturated carbocycles. The highest BCUT2D eigenvalue weighted by molar-refractivity contribution is 7.99. The third kappa shape index (κ3) is 1.88. The topological polar surface area (TPSA) is 58.9 Å². The van der Waals surface area contributed by atoms with Crippen molar-refractivity contribution < 1.29 is 9.21 Å². The number of ketones is 1. The molecule has 14 heavy (non-hydrogen) atoms. The second-order valence-electron chi connectivity index (χ2n) is 2.67. The van der Waals surface area contributed by atoms with Crippen LogP contribution in [0.4, 0.5) is 0 Å². The molecule has 0 fully saturated rings. The minimum atomic E-state index is -0.0729. The summed E-state index contributed by atoms with van der Waals surface area (Å²) in [6.45, 7) is 1.47. The van der Waals surface area contributed by atoms with Crippen LogP contribution in [-0.2, 0) is 0 Å². The van der Waals surface area contributed by atoms with Crippen molar-refractivity contribution in [2.24, 2.45) is 0 Å². The third-order valence-corrected chi connectivity index (χ3v) is 2.44. The van der Waals surface area contributed by atoms with Gasteiger partial charge in [0.1, 0.15) is 0 Å². The Hall–Kier alpha value is -1.49. The number of hydrogen-bond donors (Lipinski definition) is 1. The molecule has 0 radical (unpaired) electrons. The monoisotopic (exact) mass is 208 g/mol. The lowest BCUT2D eigenvalue weighted by molar-refractivity contribution is 0.0982. The maximum Gasteiger partial charge on any atom is 0.194 e. The molecule has 0 aliphatic heterocycles. The molecular formula is C9H8N2O2S. The fraction of sp³-hybridized carbons (Fsp3) is 0.111. The number of hydrogen-bond acceptors (Lipinski definition) is 4. The number of aromatic nitrogens is 2. The highest BCUT2D eigenvalue weighted by atomic mass is 32.2. The second kappa shape index (κ2) is 3.71. The summed E-state index contributed by atoms with van der Waals surface area (Å²) in [6.07, 6.45) is 3.40. The van der Waals surface area contributed by atoms with E-state index in [4.69, 9.17) is 4.42 Å². The lowest BCUT2D eigenvalue weighted by Gasteiger charge is -1.91. The molecule has 2 rings (SSSR count). The number of imidazole rings is 1. The first-order valence-corrected chi connectivity index (χ1v) is 4.85. The summed E-state index contributed by atoms with van der Waals surface area (Å²) in [5.41, 5.74) is 0. The number of Topliss-reactive ketones (excluding diaryl/α,β-unsaturated/α-hetero) is 1. The van der Waals surface area contributed by atoms with Crippen LogP contribution in [0.5, 0.6) is 0 Å². The van der Waals surface area contributed by atoms with E-state index >= 15 is 0 Å². The predicted molar refractivity (Wildman–Crippen MR) is 51.4 cm³/mol. The Balaban J connectivity index is 2.14. The molecule has 4 nitrogen and oxygen atoms in total. The Morgan fingerprint density at radius 2 is 2.43 bits per heavy atom. The van der Waals surface area contributed by atoms with Gasteiger partial charge < -0.3 is 9.40 Å². The molecule has 72 valence electrons. The molecule has 0 unspecified atom stereocenters. The zero-order chi connectivity index (χ0) is 9.97. The Labute approximate surface area is 84.7 Å². The highest BCUT2D eigenvalue weighted by Gasteiger charge is 2.07. The molecule has 1 N–H and O–H groups in total. The van der Waals surface area contributed by atoms with Crippen LogP contribution in [0.3, 0.4) is 0 Å². The molecule has 0 aliphatic rings. The fourth-order valence-corrected chi connectivity index (χ4v) is 1.66. The molecular weight excluding hydrogens is 200 g/mol. The van der Waals surface area contributed by atoms with Crippen LogP contribution < -0.4 is 0 Å². The van der Waals surface area contributed by atoms with Crippen LogP contribution in [0.1, 0.15) is 17.5 Å². The van der Waals surface area contributed by atoms with Gasteiger partial charge in [-0.2, -0.15) is 0 Å². The van der Waals surface area contributed by atoms with E-state index in [1.165, 1.54) is 18.7 Å². The number of carbonyl (C=O) groups is 1. The van der Waals surface area contributed by atoms with Gasteiger partial charge in [0.15, 0.2) is 21.8 Å². The zero-order valence-electron chi connectivity index (χ0n) is 7.48. The van der Waals surface area contributed by atoms with Crippen molar-refractivity contribution in [3.63, 3.8) is 0 Å². The first-order chi connectivity index (χ1) is 6.75. The van der Waals surface area contributed by atoms with E-state index in [0.29, 0.717) is 10.9 Å². The molecule has 0 bridgehead atoms. The summed E-state index contributed by atoms with van der Waals surface area (Å²) in [6, 6.07) is 3.41. The Kier molecular flexibility index (Phi) is 2.41. The highest BCUT2D eigenvalue weighted by Crippen LogP contribution is 2.26. The van der Waals surface area contributed by atoms with Crippen LogP contribution in [0.15, 0.2) is 39.2 Å². The van der Waals surface area contributed by atoms with Crippen LogP contribution in [0, 0.1) is 0 Å². The Morgan fingerprint density at radius 3 is 3.00 bits per heavy atom. The molecule has 0 aliphatic carbocycles. The number of nitrogens with one attached hydrogen (secondary N) is 1. The van der Waals surface area contributed by atoms with Crippen LogP contribution in [0.25, 0.3) is 0 Å². The normalized spacial score (nSPS) is 10.4. The SMILES string of the molecule is CC(=O)c1ccc(Sc2ncc[nH]2)o1. The van der Waals surface area contributed by atoms with Crippen LogP contribution >= 0.6 is 11.8 Å². The van der Waals surface area contributed by atoms with Gasteiger partial charge in [-0.25, -0.2) is 4.98 Å². The van der Waals surface area contributed by atoms with Crippen molar-refractivity contribution in [2.75, 3.05) is 0 Å². The van der Waals surface area contributed by atoms with E-state index in [0.717, 1.165) is 5.16 Å². The molecule has 2 aromatic rings. The van der Waals surface area contributed by atoms with Crippen molar-refractivity contribution >= 4 is 17.5 Å². The molecule has 0 spiro atoms. The number of aromatic amines is 1. The second-order valence-corrected chi connectivity index (χ2v) is 3.66. The fourth-order valence-electron chi connectivity index (χ4n) is 0.966. The average molecular weight is 208 g/mol. The standard InChI is InChI=1S/C9H8N2O2S/c1-6(12)7-2-3-8(13-7)14-9-10-4-5-11-9/h2-5H,1H3,(H,10,11). The van der Waals surface area contributed by atoms with Crippen LogP contribution in [-0.4, -0.2) is 15.8 Å². The summed E-state index contributed by atoms with van der Waals surface area (Å²) in [4.78, 5) is 17.9. The zero-order valence-corrected chi connectivity index (χ0v) is 8.30. The van der Waals surface area contributed by atoms with Gasteiger partial charge in [0.2, 0.25) is 0 Å². The average Bonchev–Trinajstić information content (AvgIpc) is 2.75. The number of furan rings is 1. The first kappa shape index (κ1) is 9.08. The number of carbonyl (C=O) groups excluding carboxylic acids is 1. The summed E-state index contributed by atoms with van der Waals surface area (Å²) >= 11 is 1.35. The van der Waals surface area contributed by atoms with Crippen LogP contribution in [0.2, 0.25) is 0 Å². The Bertz CT molecular complexity index is 433. The number of rotatable bonds is 3. The molecule has 5 heteroatoms. The third-order valence-electron chi connectivity index (χ3n) is 1.60. The van der Waals surface area contributed by atoms with Crippen molar-refractivity contribution in [2.45, 2.75) is 17.2 Å². The quantitative estimate of drug-likeness (QED) is 0.786. The van der Waals surface area contributed by atoms with Gasteiger partial charge in [-0.15, -0.1) is 0 Å². The van der Waals surface area contributed by atoms with E-state index in [1.54, 1.807) is 24.5 Å². The lowest BCUT2D eigenvalue weighted by atomic mass is 10.3. The molecule has 0 atom stereocenters. The van der Waals surface area contributed by atoms with Crippen molar-refractivity contribution in [1.29, 1.82) is 0 Å². The van der Waals surface area contributed by atoms with E-state index < -0.39 is 0 Å². The van der Waals surface area contributed by atoms with Gasteiger partial charge >= 0.3 is 0 Å². The van der Waals surface area contributed by atoms with Gasteiger partial charge in [0, 0.05) is 19.3 Å². The molecule has 0 saturated heterocycles. The van der Waals surface area contributed by atoms with Gasteiger partial charge in [0.05, 0.1) is 0 Å². The van der Waals surface area contributed by atoms with Gasteiger partial charge in [-0.3, -0.25) is 4.79 Å². The van der Waals surface area contributed by atoms with Crippen molar-refractivity contribution in [3.05, 3.63) is 30.3 Å².